The zero-order chi connectivity index (χ0) is 15.9. The molecule has 1 N–H and O–H groups in total. The number of hydrogen-bond donors (Lipinski definition) is 1. The van der Waals surface area contributed by atoms with E-state index in [-0.39, 0.29) is 0 Å². The van der Waals surface area contributed by atoms with Gasteiger partial charge >= 0.3 is 0 Å². The Kier molecular flexibility index (Phi) is 2.99. The molecule has 0 radical (unpaired) electrons. The van der Waals surface area contributed by atoms with Crippen LogP contribution in [0.5, 0.6) is 0 Å². The van der Waals surface area contributed by atoms with E-state index in [0.29, 0.717) is 0 Å². The molecule has 24 heavy (non-hydrogen) atoms. The van der Waals surface area contributed by atoms with Crippen LogP contribution in [0.15, 0.2) is 59.5 Å². The van der Waals surface area contributed by atoms with Crippen molar-refractivity contribution >= 4 is 11.0 Å². The third-order valence-corrected chi connectivity index (χ3v) is 4.55. The van der Waals surface area contributed by atoms with Crippen molar-refractivity contribution in [2.24, 2.45) is 0 Å². The second-order valence-electron chi connectivity index (χ2n) is 5.95. The summed E-state index contributed by atoms with van der Waals surface area (Å²) >= 11 is 0. The molecule has 0 spiro atoms. The first kappa shape index (κ1) is 13.5. The van der Waals surface area contributed by atoms with E-state index in [1.165, 1.54) is 5.69 Å². The zero-order valence-electron chi connectivity index (χ0n) is 13.1. The fourth-order valence-electron chi connectivity index (χ4n) is 3.44. The van der Waals surface area contributed by atoms with E-state index in [0.717, 1.165) is 53.0 Å². The highest BCUT2D eigenvalue weighted by molar-refractivity contribution is 5.96. The lowest BCUT2D eigenvalue weighted by Crippen LogP contribution is -2.28. The van der Waals surface area contributed by atoms with Crippen molar-refractivity contribution in [3.63, 3.8) is 0 Å². The van der Waals surface area contributed by atoms with Gasteiger partial charge in [0.2, 0.25) is 0 Å². The number of fused-ring (bicyclic) bond motifs is 2. The maximum atomic E-state index is 5.75. The maximum Gasteiger partial charge on any atom is 0.143 e. The quantitative estimate of drug-likeness (QED) is 0.615. The fraction of sp³-hybridized carbons (Fsp3) is 0.158. The molecule has 0 bridgehead atoms. The van der Waals surface area contributed by atoms with Crippen molar-refractivity contribution in [3.8, 4) is 22.4 Å². The summed E-state index contributed by atoms with van der Waals surface area (Å²) in [6.07, 6.45) is 5.39. The first-order chi connectivity index (χ1) is 11.9. The molecule has 0 saturated carbocycles. The number of rotatable bonds is 2. The van der Waals surface area contributed by atoms with Crippen LogP contribution in [0.2, 0.25) is 0 Å². The minimum absolute atomic E-state index is 0.818. The van der Waals surface area contributed by atoms with Crippen LogP contribution >= 0.6 is 0 Å². The molecule has 118 valence electrons. The number of pyridine rings is 1. The highest BCUT2D eigenvalue weighted by atomic mass is 16.3. The molecule has 5 nitrogen and oxygen atoms in total. The van der Waals surface area contributed by atoms with Crippen LogP contribution in [0, 0.1) is 0 Å². The van der Waals surface area contributed by atoms with Crippen LogP contribution in [0.25, 0.3) is 33.4 Å². The molecule has 1 aliphatic heterocycles. The summed E-state index contributed by atoms with van der Waals surface area (Å²) in [5, 5.41) is 9.47. The summed E-state index contributed by atoms with van der Waals surface area (Å²) in [5.74, 6) is 0. The molecule has 0 amide bonds. The van der Waals surface area contributed by atoms with Crippen LogP contribution in [-0.4, -0.2) is 21.3 Å². The van der Waals surface area contributed by atoms with Crippen molar-refractivity contribution in [1.29, 1.82) is 0 Å². The summed E-state index contributed by atoms with van der Waals surface area (Å²) in [5.41, 5.74) is 6.40. The minimum atomic E-state index is 0.818. The number of hydrogen-bond acceptors (Lipinski definition) is 4. The summed E-state index contributed by atoms with van der Waals surface area (Å²) in [6.45, 7) is 2.63. The largest absolute Gasteiger partial charge is 0.464 e. The number of aromatic nitrogens is 3. The number of nitrogens with one attached hydrogen (secondary N) is 1. The lowest BCUT2D eigenvalue weighted by atomic mass is 9.98. The van der Waals surface area contributed by atoms with E-state index >= 15 is 0 Å². The van der Waals surface area contributed by atoms with Gasteiger partial charge in [0.05, 0.1) is 18.5 Å². The summed E-state index contributed by atoms with van der Waals surface area (Å²) < 4.78 is 7.86. The Morgan fingerprint density at radius 2 is 2.00 bits per heavy atom. The molecular weight excluding hydrogens is 300 g/mol. The van der Waals surface area contributed by atoms with Gasteiger partial charge < -0.3 is 9.73 Å². The van der Waals surface area contributed by atoms with Gasteiger partial charge in [-0.15, -0.1) is 0 Å². The zero-order valence-corrected chi connectivity index (χ0v) is 13.1. The van der Waals surface area contributed by atoms with Gasteiger partial charge in [0, 0.05) is 42.0 Å². The molecule has 1 aromatic carbocycles. The van der Waals surface area contributed by atoms with E-state index in [2.05, 4.69) is 33.2 Å². The van der Waals surface area contributed by atoms with Gasteiger partial charge in [0.25, 0.3) is 0 Å². The monoisotopic (exact) mass is 316 g/mol. The third kappa shape index (κ3) is 1.98. The molecular formula is C19H16N4O. The molecule has 0 saturated heterocycles. The summed E-state index contributed by atoms with van der Waals surface area (Å²) in [4.78, 5) is 4.15. The Balaban J connectivity index is 1.83. The van der Waals surface area contributed by atoms with E-state index in [9.17, 15) is 0 Å². The SMILES string of the molecule is c1cc(-c2nn3c(c2-c2ccncc2)CNCC3)c2occc2c1. The Morgan fingerprint density at radius 3 is 2.92 bits per heavy atom. The van der Waals surface area contributed by atoms with Gasteiger partial charge in [-0.2, -0.15) is 5.10 Å². The third-order valence-electron chi connectivity index (χ3n) is 4.55. The van der Waals surface area contributed by atoms with Crippen molar-refractivity contribution in [2.45, 2.75) is 13.1 Å². The van der Waals surface area contributed by atoms with Gasteiger partial charge in [-0.3, -0.25) is 9.67 Å². The molecule has 5 rings (SSSR count). The predicted octanol–water partition coefficient (Wildman–Crippen LogP) is 3.46. The second-order valence-corrected chi connectivity index (χ2v) is 5.95. The highest BCUT2D eigenvalue weighted by Gasteiger charge is 2.24. The van der Waals surface area contributed by atoms with Gasteiger partial charge in [0.15, 0.2) is 0 Å². The minimum Gasteiger partial charge on any atom is -0.464 e. The first-order valence-corrected chi connectivity index (χ1v) is 8.09. The summed E-state index contributed by atoms with van der Waals surface area (Å²) in [6, 6.07) is 12.3. The standard InChI is InChI=1S/C19H16N4O/c1-2-14-6-11-24-19(14)15(3-1)18-17(13-4-7-20-8-5-13)16-12-21-9-10-23(16)22-18/h1-8,11,21H,9-10,12H2. The topological polar surface area (TPSA) is 55.9 Å². The van der Waals surface area contributed by atoms with Crippen LogP contribution in [0.1, 0.15) is 5.69 Å². The Hall–Kier alpha value is -2.92. The molecule has 0 fully saturated rings. The molecule has 0 atom stereocenters. The van der Waals surface area contributed by atoms with Gasteiger partial charge in [0.1, 0.15) is 11.3 Å². The number of benzene rings is 1. The lowest BCUT2D eigenvalue weighted by molar-refractivity contribution is 0.477. The number of furan rings is 1. The first-order valence-electron chi connectivity index (χ1n) is 8.09. The lowest BCUT2D eigenvalue weighted by Gasteiger charge is -2.16. The van der Waals surface area contributed by atoms with Crippen LogP contribution in [0.4, 0.5) is 0 Å². The van der Waals surface area contributed by atoms with Crippen LogP contribution in [-0.2, 0) is 13.1 Å². The number of para-hydroxylation sites is 1. The average Bonchev–Trinajstić information content (AvgIpc) is 3.26. The van der Waals surface area contributed by atoms with Crippen LogP contribution in [0.3, 0.4) is 0 Å². The smallest absolute Gasteiger partial charge is 0.143 e. The van der Waals surface area contributed by atoms with E-state index in [4.69, 9.17) is 9.52 Å². The molecule has 0 aliphatic carbocycles. The van der Waals surface area contributed by atoms with Crippen LogP contribution < -0.4 is 5.32 Å². The maximum absolute atomic E-state index is 5.75. The van der Waals surface area contributed by atoms with Gasteiger partial charge in [-0.05, 0) is 29.8 Å². The highest BCUT2D eigenvalue weighted by Crippen LogP contribution is 2.38. The van der Waals surface area contributed by atoms with Gasteiger partial charge in [-0.25, -0.2) is 0 Å². The Labute approximate surface area is 138 Å². The number of nitrogens with zero attached hydrogens (tertiary/aromatic N) is 3. The molecule has 4 heterocycles. The Bertz CT molecular complexity index is 1020. The van der Waals surface area contributed by atoms with Crippen molar-refractivity contribution in [1.82, 2.24) is 20.1 Å². The van der Waals surface area contributed by atoms with Crippen molar-refractivity contribution < 1.29 is 4.42 Å². The molecule has 3 aromatic heterocycles. The molecule has 5 heteroatoms. The normalized spacial score (nSPS) is 14.0. The average molecular weight is 316 g/mol. The predicted molar refractivity (Wildman–Crippen MR) is 92.4 cm³/mol. The molecule has 4 aromatic rings. The van der Waals surface area contributed by atoms with E-state index < -0.39 is 0 Å². The Morgan fingerprint density at radius 1 is 1.08 bits per heavy atom. The fourth-order valence-corrected chi connectivity index (χ4v) is 3.44. The molecule has 0 unspecified atom stereocenters. The van der Waals surface area contributed by atoms with E-state index in [1.54, 1.807) is 6.26 Å². The second kappa shape index (κ2) is 5.32. The van der Waals surface area contributed by atoms with Crippen molar-refractivity contribution in [2.75, 3.05) is 6.54 Å². The summed E-state index contributed by atoms with van der Waals surface area (Å²) in [7, 11) is 0. The van der Waals surface area contributed by atoms with Gasteiger partial charge in [-0.1, -0.05) is 12.1 Å². The molecule has 1 aliphatic rings. The van der Waals surface area contributed by atoms with E-state index in [1.807, 2.05) is 30.6 Å². The van der Waals surface area contributed by atoms with Crippen molar-refractivity contribution in [3.05, 3.63) is 60.7 Å².